The molecule has 0 unspecified atom stereocenters. The normalized spacial score (nSPS) is 17.6. The van der Waals surface area contributed by atoms with Gasteiger partial charge in [0.2, 0.25) is 11.9 Å². The lowest BCUT2D eigenvalue weighted by Gasteiger charge is -2.44. The molecule has 1 amide bonds. The summed E-state index contributed by atoms with van der Waals surface area (Å²) in [5, 5.41) is 18.1. The smallest absolute Gasteiger partial charge is 0.246 e. The molecule has 0 aliphatic carbocycles. The zero-order valence-corrected chi connectivity index (χ0v) is 24.5. The molecule has 4 aromatic rings. The van der Waals surface area contributed by atoms with Crippen LogP contribution in [0.25, 0.3) is 32.9 Å². The number of carbonyl (C=O) groups is 1. The molecule has 6 rings (SSSR count). The summed E-state index contributed by atoms with van der Waals surface area (Å²) in [6.07, 6.45) is 3.09. The van der Waals surface area contributed by atoms with Crippen LogP contribution in [0.5, 0.6) is 0 Å². The van der Waals surface area contributed by atoms with E-state index in [1.807, 2.05) is 43.0 Å². The molecule has 2 aliphatic rings. The maximum absolute atomic E-state index is 16.8. The third-order valence-electron chi connectivity index (χ3n) is 8.38. The van der Waals surface area contributed by atoms with Gasteiger partial charge in [0.15, 0.2) is 5.82 Å². The van der Waals surface area contributed by atoms with Gasteiger partial charge in [-0.3, -0.25) is 9.89 Å². The summed E-state index contributed by atoms with van der Waals surface area (Å²) < 4.78 is 16.8. The second-order valence-corrected chi connectivity index (χ2v) is 11.5. The lowest BCUT2D eigenvalue weighted by Crippen LogP contribution is -2.58. The van der Waals surface area contributed by atoms with Crippen molar-refractivity contribution in [3.05, 3.63) is 53.5 Å². The van der Waals surface area contributed by atoms with Crippen molar-refractivity contribution >= 4 is 51.1 Å². The fraction of sp³-hybridized carbons (Fsp3) is 0.367. The van der Waals surface area contributed by atoms with Crippen molar-refractivity contribution in [2.45, 2.75) is 25.4 Å². The third-order valence-corrected chi connectivity index (χ3v) is 8.67. The van der Waals surface area contributed by atoms with Gasteiger partial charge in [0.1, 0.15) is 11.3 Å². The molecule has 42 heavy (non-hydrogen) atoms. The lowest BCUT2D eigenvalue weighted by molar-refractivity contribution is -0.128. The summed E-state index contributed by atoms with van der Waals surface area (Å²) in [4.78, 5) is 30.1. The molecule has 0 bridgehead atoms. The zero-order chi connectivity index (χ0) is 29.7. The summed E-state index contributed by atoms with van der Waals surface area (Å²) in [5.74, 6) is 0.212. The highest BCUT2D eigenvalue weighted by Crippen LogP contribution is 2.42. The molecule has 12 heteroatoms. The number of anilines is 2. The van der Waals surface area contributed by atoms with E-state index in [2.05, 4.69) is 27.7 Å². The van der Waals surface area contributed by atoms with Crippen LogP contribution in [0.3, 0.4) is 0 Å². The molecular weight excluding hydrogens is 557 g/mol. The minimum Gasteiger partial charge on any atom is -0.352 e. The van der Waals surface area contributed by atoms with Crippen LogP contribution in [0.4, 0.5) is 16.2 Å². The summed E-state index contributed by atoms with van der Waals surface area (Å²) in [7, 11) is 4.06. The molecule has 2 aromatic heterocycles. The minimum absolute atomic E-state index is 0.149. The second-order valence-electron chi connectivity index (χ2n) is 11.1. The van der Waals surface area contributed by atoms with Crippen LogP contribution in [-0.2, 0) is 4.79 Å². The van der Waals surface area contributed by atoms with Crippen molar-refractivity contribution in [3.8, 4) is 17.2 Å². The van der Waals surface area contributed by atoms with Crippen molar-refractivity contribution in [2.24, 2.45) is 0 Å². The SMILES string of the molecule is C=CC(=O)N1CCN(c2nc(N3CC(N(C)C)C3)nc3c(F)c(-c4c(C)ccc5[nH]ncc45)c(Cl)cc23)C[C@H]1CC#N. The number of nitrogens with zero attached hydrogens (tertiary/aromatic N) is 8. The van der Waals surface area contributed by atoms with E-state index < -0.39 is 5.82 Å². The number of aromatic nitrogens is 4. The standard InChI is InChI=1S/C30H31ClFN9O/c1-5-24(42)41-11-10-39(14-18(41)8-9-33)29-20-12-22(31)26(25-17(2)6-7-23-21(25)13-34-37-23)27(32)28(20)35-30(36-29)40-15-19(16-40)38(3)4/h5-7,12-13,18-19H,1,8,10-11,14-16H2,2-4H3,(H,34,37)/t18-/m1/s1. The summed E-state index contributed by atoms with van der Waals surface area (Å²) in [5.41, 5.74) is 2.74. The van der Waals surface area contributed by atoms with Crippen LogP contribution in [0.15, 0.2) is 37.1 Å². The molecule has 2 saturated heterocycles. The predicted octanol–water partition coefficient (Wildman–Crippen LogP) is 4.14. The monoisotopic (exact) mass is 587 g/mol. The fourth-order valence-electron chi connectivity index (χ4n) is 5.92. The Hall–Kier alpha value is -4.27. The van der Waals surface area contributed by atoms with Crippen LogP contribution in [0, 0.1) is 24.1 Å². The zero-order valence-electron chi connectivity index (χ0n) is 23.7. The van der Waals surface area contributed by atoms with Gasteiger partial charge in [0, 0.05) is 60.7 Å². The highest BCUT2D eigenvalue weighted by Gasteiger charge is 2.35. The highest BCUT2D eigenvalue weighted by molar-refractivity contribution is 6.35. The van der Waals surface area contributed by atoms with Crippen molar-refractivity contribution in [1.82, 2.24) is 30.0 Å². The highest BCUT2D eigenvalue weighted by atomic mass is 35.5. The Labute approximate surface area is 248 Å². The molecule has 10 nitrogen and oxygen atoms in total. The van der Waals surface area contributed by atoms with Crippen molar-refractivity contribution in [3.63, 3.8) is 0 Å². The number of hydrogen-bond donors (Lipinski definition) is 1. The number of nitrogens with one attached hydrogen (secondary N) is 1. The van der Waals surface area contributed by atoms with Gasteiger partial charge in [0.05, 0.1) is 35.3 Å². The van der Waals surface area contributed by atoms with Gasteiger partial charge in [-0.25, -0.2) is 9.37 Å². The first-order chi connectivity index (χ1) is 20.2. The largest absolute Gasteiger partial charge is 0.352 e. The average Bonchev–Trinajstić information content (AvgIpc) is 3.42. The third kappa shape index (κ3) is 4.61. The summed E-state index contributed by atoms with van der Waals surface area (Å²) >= 11 is 6.88. The quantitative estimate of drug-likeness (QED) is 0.335. The van der Waals surface area contributed by atoms with Crippen molar-refractivity contribution in [1.29, 1.82) is 5.26 Å². The van der Waals surface area contributed by atoms with Crippen LogP contribution in [0.2, 0.25) is 5.02 Å². The number of nitriles is 1. The molecular formula is C30H31ClFN9O. The van der Waals surface area contributed by atoms with Gasteiger partial charge in [0.25, 0.3) is 0 Å². The Morgan fingerprint density at radius 1 is 1.21 bits per heavy atom. The van der Waals surface area contributed by atoms with Crippen molar-refractivity contribution < 1.29 is 9.18 Å². The molecule has 2 aliphatic heterocycles. The first-order valence-electron chi connectivity index (χ1n) is 13.8. The first kappa shape index (κ1) is 27.9. The molecule has 1 N–H and O–H groups in total. The van der Waals surface area contributed by atoms with E-state index in [0.29, 0.717) is 61.5 Å². The number of benzene rings is 2. The van der Waals surface area contributed by atoms with Gasteiger partial charge in [-0.1, -0.05) is 24.2 Å². The van der Waals surface area contributed by atoms with Crippen LogP contribution in [-0.4, -0.2) is 94.8 Å². The van der Waals surface area contributed by atoms with Crippen LogP contribution < -0.4 is 9.80 Å². The maximum atomic E-state index is 16.8. The number of likely N-dealkylation sites (N-methyl/N-ethyl adjacent to an activating group) is 1. The van der Waals surface area contributed by atoms with Gasteiger partial charge >= 0.3 is 0 Å². The lowest BCUT2D eigenvalue weighted by atomic mass is 9.95. The van der Waals surface area contributed by atoms with Gasteiger partial charge in [-0.15, -0.1) is 0 Å². The Morgan fingerprint density at radius 2 is 2.00 bits per heavy atom. The number of aromatic amines is 1. The molecule has 4 heterocycles. The molecule has 0 spiro atoms. The average molecular weight is 588 g/mol. The van der Waals surface area contributed by atoms with E-state index >= 15 is 4.39 Å². The number of amides is 1. The number of rotatable bonds is 6. The molecule has 0 radical (unpaired) electrons. The Kier molecular flexibility index (Phi) is 7.20. The molecule has 1 atom stereocenters. The van der Waals surface area contributed by atoms with Gasteiger partial charge < -0.3 is 19.6 Å². The second kappa shape index (κ2) is 10.9. The van der Waals surface area contributed by atoms with E-state index in [0.717, 1.165) is 16.5 Å². The first-order valence-corrected chi connectivity index (χ1v) is 14.2. The van der Waals surface area contributed by atoms with Crippen molar-refractivity contribution in [2.75, 3.05) is 56.6 Å². The molecule has 216 valence electrons. The number of carbonyl (C=O) groups excluding carboxylic acids is 1. The number of fused-ring (bicyclic) bond motifs is 2. The predicted molar refractivity (Wildman–Crippen MR) is 162 cm³/mol. The van der Waals surface area contributed by atoms with Gasteiger partial charge in [-0.2, -0.15) is 15.3 Å². The Morgan fingerprint density at radius 3 is 2.71 bits per heavy atom. The van der Waals surface area contributed by atoms with E-state index in [4.69, 9.17) is 21.6 Å². The van der Waals surface area contributed by atoms with E-state index in [1.54, 1.807) is 17.2 Å². The Balaban J connectivity index is 1.52. The fourth-order valence-corrected chi connectivity index (χ4v) is 6.21. The number of hydrogen-bond acceptors (Lipinski definition) is 8. The Bertz CT molecular complexity index is 1760. The van der Waals surface area contributed by atoms with Crippen LogP contribution >= 0.6 is 11.6 Å². The van der Waals surface area contributed by atoms with Gasteiger partial charge in [-0.05, 0) is 44.8 Å². The van der Waals surface area contributed by atoms with E-state index in [-0.39, 0.29) is 34.5 Å². The number of piperazine rings is 1. The molecule has 0 saturated carbocycles. The summed E-state index contributed by atoms with van der Waals surface area (Å²) in [6.45, 7) is 8.13. The molecule has 2 aromatic carbocycles. The number of halogens is 2. The minimum atomic E-state index is -0.530. The topological polar surface area (TPSA) is 108 Å². The number of aryl methyl sites for hydroxylation is 1. The van der Waals surface area contributed by atoms with E-state index in [1.165, 1.54) is 6.08 Å². The molecule has 2 fully saturated rings. The van der Waals surface area contributed by atoms with E-state index in [9.17, 15) is 10.1 Å². The maximum Gasteiger partial charge on any atom is 0.246 e. The summed E-state index contributed by atoms with van der Waals surface area (Å²) in [6, 6.07) is 7.71. The van der Waals surface area contributed by atoms with Crippen LogP contribution in [0.1, 0.15) is 12.0 Å². The number of H-pyrrole nitrogens is 1.